The Bertz CT molecular complexity index is 816. The predicted molar refractivity (Wildman–Crippen MR) is 87.1 cm³/mol. The molecule has 2 aromatic rings. The summed E-state index contributed by atoms with van der Waals surface area (Å²) < 4.78 is 12.5. The summed E-state index contributed by atoms with van der Waals surface area (Å²) in [5.74, 6) is 0.315. The average Bonchev–Trinajstić information content (AvgIpc) is 2.74. The fourth-order valence-corrected chi connectivity index (χ4v) is 3.15. The first-order valence-corrected chi connectivity index (χ1v) is 8.10. The van der Waals surface area contributed by atoms with Gasteiger partial charge in [0.25, 0.3) is 11.5 Å². The number of nitrogens with two attached hydrogens (primary N) is 1. The minimum atomic E-state index is -0.575. The number of amides is 1. The van der Waals surface area contributed by atoms with Gasteiger partial charge >= 0.3 is 0 Å². The lowest BCUT2D eigenvalue weighted by molar-refractivity contribution is 0.0993. The zero-order valence-electron chi connectivity index (χ0n) is 13.9. The van der Waals surface area contributed by atoms with Crippen molar-refractivity contribution in [1.29, 1.82) is 0 Å². The van der Waals surface area contributed by atoms with Gasteiger partial charge in [-0.2, -0.15) is 0 Å². The number of aryl methyl sites for hydroxylation is 2. The van der Waals surface area contributed by atoms with Crippen LogP contribution in [0.1, 0.15) is 52.3 Å². The Balaban J connectivity index is 2.01. The number of rotatable bonds is 4. The van der Waals surface area contributed by atoms with Crippen molar-refractivity contribution in [1.82, 2.24) is 9.72 Å². The van der Waals surface area contributed by atoms with E-state index in [2.05, 4.69) is 5.16 Å². The molecule has 128 valence electrons. The predicted octanol–water partition coefficient (Wildman–Crippen LogP) is 1.86. The molecule has 0 aromatic carbocycles. The molecule has 0 saturated heterocycles. The molecule has 2 N–H and O–H groups in total. The van der Waals surface area contributed by atoms with Crippen LogP contribution in [0.5, 0.6) is 5.75 Å². The zero-order valence-corrected chi connectivity index (χ0v) is 13.9. The van der Waals surface area contributed by atoms with Gasteiger partial charge in [0.1, 0.15) is 23.7 Å². The lowest BCUT2D eigenvalue weighted by Crippen LogP contribution is -2.28. The number of hydrogen-bond acceptors (Lipinski definition) is 5. The Labute approximate surface area is 139 Å². The highest BCUT2D eigenvalue weighted by atomic mass is 16.5. The first-order valence-electron chi connectivity index (χ1n) is 8.10. The van der Waals surface area contributed by atoms with E-state index in [1.807, 2.05) is 6.92 Å². The Kier molecular flexibility index (Phi) is 4.42. The first-order chi connectivity index (χ1) is 11.5. The van der Waals surface area contributed by atoms with Crippen molar-refractivity contribution in [3.05, 3.63) is 44.7 Å². The third-order valence-electron chi connectivity index (χ3n) is 4.48. The van der Waals surface area contributed by atoms with Crippen molar-refractivity contribution in [3.8, 4) is 5.75 Å². The molecule has 0 radical (unpaired) electrons. The molecule has 0 fully saturated rings. The van der Waals surface area contributed by atoms with E-state index in [9.17, 15) is 9.59 Å². The van der Waals surface area contributed by atoms with Gasteiger partial charge in [0.05, 0.1) is 11.3 Å². The van der Waals surface area contributed by atoms with E-state index in [1.165, 1.54) is 6.07 Å². The maximum absolute atomic E-state index is 12.4. The average molecular weight is 331 g/mol. The largest absolute Gasteiger partial charge is 0.488 e. The third-order valence-corrected chi connectivity index (χ3v) is 4.48. The van der Waals surface area contributed by atoms with Crippen LogP contribution < -0.4 is 16.0 Å². The van der Waals surface area contributed by atoms with Crippen molar-refractivity contribution < 1.29 is 14.1 Å². The van der Waals surface area contributed by atoms with Crippen molar-refractivity contribution in [3.63, 3.8) is 0 Å². The third kappa shape index (κ3) is 2.93. The van der Waals surface area contributed by atoms with Crippen LogP contribution in [-0.2, 0) is 19.6 Å². The maximum Gasteiger partial charge on any atom is 0.254 e. The summed E-state index contributed by atoms with van der Waals surface area (Å²) in [7, 11) is 0. The van der Waals surface area contributed by atoms with Crippen LogP contribution in [0.3, 0.4) is 0 Å². The molecule has 0 aliphatic carbocycles. The molecule has 24 heavy (non-hydrogen) atoms. The van der Waals surface area contributed by atoms with E-state index in [0.717, 1.165) is 30.5 Å². The van der Waals surface area contributed by atoms with E-state index >= 15 is 0 Å². The molecule has 3 heterocycles. The fraction of sp³-hybridized carbons (Fsp3) is 0.471. The van der Waals surface area contributed by atoms with Crippen LogP contribution >= 0.6 is 0 Å². The number of carbonyl (C=O) groups is 1. The molecule has 0 bridgehead atoms. The lowest BCUT2D eigenvalue weighted by atomic mass is 10.1. The molecule has 7 heteroatoms. The smallest absolute Gasteiger partial charge is 0.254 e. The number of primary amides is 1. The van der Waals surface area contributed by atoms with Crippen molar-refractivity contribution in [2.75, 3.05) is 0 Å². The van der Waals surface area contributed by atoms with Gasteiger partial charge < -0.3 is 19.6 Å². The number of pyridine rings is 1. The summed E-state index contributed by atoms with van der Waals surface area (Å²) in [6.07, 6.45) is 3.52. The van der Waals surface area contributed by atoms with Gasteiger partial charge in [-0.15, -0.1) is 0 Å². The quantitative estimate of drug-likeness (QED) is 0.921. The summed E-state index contributed by atoms with van der Waals surface area (Å²) in [6, 6.07) is 1.35. The molecule has 1 aliphatic heterocycles. The minimum Gasteiger partial charge on any atom is -0.488 e. The van der Waals surface area contributed by atoms with Crippen LogP contribution in [0, 0.1) is 13.8 Å². The van der Waals surface area contributed by atoms with Crippen LogP contribution in [0.25, 0.3) is 0 Å². The normalized spacial score (nSPS) is 14.1. The van der Waals surface area contributed by atoms with Gasteiger partial charge in [0, 0.05) is 18.3 Å². The van der Waals surface area contributed by atoms with Gasteiger partial charge in [0.2, 0.25) is 0 Å². The van der Waals surface area contributed by atoms with Crippen LogP contribution in [0.2, 0.25) is 0 Å². The van der Waals surface area contributed by atoms with Gasteiger partial charge in [-0.25, -0.2) is 0 Å². The lowest BCUT2D eigenvalue weighted by Gasteiger charge is -2.17. The second-order valence-electron chi connectivity index (χ2n) is 6.09. The molecule has 0 atom stereocenters. The molecule has 1 amide bonds. The number of hydrogen-bond donors (Lipinski definition) is 1. The van der Waals surface area contributed by atoms with Gasteiger partial charge in [-0.05, 0) is 33.1 Å². The zero-order chi connectivity index (χ0) is 17.3. The van der Waals surface area contributed by atoms with Crippen molar-refractivity contribution in [2.24, 2.45) is 5.73 Å². The second-order valence-corrected chi connectivity index (χ2v) is 6.09. The van der Waals surface area contributed by atoms with Crippen molar-refractivity contribution in [2.45, 2.75) is 52.7 Å². The summed E-state index contributed by atoms with van der Waals surface area (Å²) in [4.78, 5) is 24.4. The van der Waals surface area contributed by atoms with E-state index in [1.54, 1.807) is 11.5 Å². The van der Waals surface area contributed by atoms with E-state index in [4.69, 9.17) is 15.0 Å². The highest BCUT2D eigenvalue weighted by Gasteiger charge is 2.22. The van der Waals surface area contributed by atoms with Crippen LogP contribution in [0.15, 0.2) is 15.4 Å². The Morgan fingerprint density at radius 1 is 1.38 bits per heavy atom. The topological polar surface area (TPSA) is 100 Å². The maximum atomic E-state index is 12.4. The van der Waals surface area contributed by atoms with E-state index < -0.39 is 5.91 Å². The summed E-state index contributed by atoms with van der Waals surface area (Å²) >= 11 is 0. The molecule has 7 nitrogen and oxygen atoms in total. The second kappa shape index (κ2) is 6.51. The molecule has 1 aliphatic rings. The highest BCUT2D eigenvalue weighted by Crippen LogP contribution is 2.26. The molecular weight excluding hydrogens is 310 g/mol. The Morgan fingerprint density at radius 2 is 2.17 bits per heavy atom. The highest BCUT2D eigenvalue weighted by molar-refractivity contribution is 5.96. The SMILES string of the molecule is Cc1noc(C)c1COc1cc(=O)n2c(c1C(N)=O)CCCCC2. The molecule has 0 spiro atoms. The first kappa shape index (κ1) is 16.3. The number of fused-ring (bicyclic) bond motifs is 1. The molecule has 0 saturated carbocycles. The number of ether oxygens (including phenoxy) is 1. The van der Waals surface area contributed by atoms with E-state index in [-0.39, 0.29) is 17.9 Å². The molecule has 2 aromatic heterocycles. The Hall–Kier alpha value is -2.57. The van der Waals surface area contributed by atoms with Gasteiger partial charge in [-0.1, -0.05) is 11.6 Å². The fourth-order valence-electron chi connectivity index (χ4n) is 3.15. The molecule has 3 rings (SSSR count). The van der Waals surface area contributed by atoms with Crippen LogP contribution in [-0.4, -0.2) is 15.6 Å². The minimum absolute atomic E-state index is 0.161. The number of nitrogens with zero attached hydrogens (tertiary/aromatic N) is 2. The monoisotopic (exact) mass is 331 g/mol. The number of carbonyl (C=O) groups excluding carboxylic acids is 1. The standard InChI is InChI=1S/C17H21N3O4/c1-10-12(11(2)24-19-10)9-23-14-8-15(21)20-7-5-3-4-6-13(20)16(14)17(18)22/h8H,3-7,9H2,1-2H3,(H2,18,22). The number of aromatic nitrogens is 2. The van der Waals surface area contributed by atoms with Gasteiger partial charge in [-0.3, -0.25) is 9.59 Å². The summed E-state index contributed by atoms with van der Waals surface area (Å²) in [5, 5.41) is 3.87. The molecular formula is C17H21N3O4. The molecule has 0 unspecified atom stereocenters. The summed E-state index contributed by atoms with van der Waals surface area (Å²) in [5.41, 5.74) is 7.94. The Morgan fingerprint density at radius 3 is 2.83 bits per heavy atom. The van der Waals surface area contributed by atoms with Gasteiger partial charge in [0.15, 0.2) is 0 Å². The van der Waals surface area contributed by atoms with E-state index in [0.29, 0.717) is 30.0 Å². The van der Waals surface area contributed by atoms with Crippen LogP contribution in [0.4, 0.5) is 0 Å². The van der Waals surface area contributed by atoms with Crippen molar-refractivity contribution >= 4 is 5.91 Å². The summed E-state index contributed by atoms with van der Waals surface area (Å²) in [6.45, 7) is 4.39.